The largest absolute Gasteiger partial charge is 0.346 e. The Labute approximate surface area is 136 Å². The van der Waals surface area contributed by atoms with E-state index >= 15 is 0 Å². The Morgan fingerprint density at radius 3 is 2.48 bits per heavy atom. The molecular weight excluding hydrogens is 286 g/mol. The lowest BCUT2D eigenvalue weighted by atomic mass is 10.0. The number of imidazole rings is 1. The summed E-state index contributed by atoms with van der Waals surface area (Å²) < 4.78 is 0. The quantitative estimate of drug-likeness (QED) is 0.756. The molecule has 0 aliphatic heterocycles. The number of benzene rings is 2. The highest BCUT2D eigenvalue weighted by Crippen LogP contribution is 2.20. The summed E-state index contributed by atoms with van der Waals surface area (Å²) in [4.78, 5) is 20.2. The fraction of sp³-hybridized carbons (Fsp3) is 0.263. The van der Waals surface area contributed by atoms with E-state index in [1.807, 2.05) is 56.3 Å². The summed E-state index contributed by atoms with van der Waals surface area (Å²) in [6.07, 6.45) is 0.707. The molecule has 1 aromatic heterocycles. The van der Waals surface area contributed by atoms with Crippen molar-refractivity contribution in [1.29, 1.82) is 0 Å². The number of nitrogens with zero attached hydrogens (tertiary/aromatic N) is 1. The van der Waals surface area contributed by atoms with Gasteiger partial charge < -0.3 is 10.3 Å². The molecule has 0 saturated carbocycles. The average molecular weight is 307 g/mol. The molecule has 118 valence electrons. The molecule has 2 N–H and O–H groups in total. The van der Waals surface area contributed by atoms with E-state index in [1.54, 1.807) is 0 Å². The van der Waals surface area contributed by atoms with Crippen molar-refractivity contribution in [3.63, 3.8) is 0 Å². The summed E-state index contributed by atoms with van der Waals surface area (Å²) in [7, 11) is 0. The predicted octanol–water partition coefficient (Wildman–Crippen LogP) is 3.62. The van der Waals surface area contributed by atoms with Crippen molar-refractivity contribution in [3.8, 4) is 0 Å². The number of fused-ring (bicyclic) bond motifs is 1. The van der Waals surface area contributed by atoms with Gasteiger partial charge in [0.05, 0.1) is 17.1 Å². The van der Waals surface area contributed by atoms with Gasteiger partial charge in [0.15, 0.2) is 0 Å². The van der Waals surface area contributed by atoms with E-state index in [-0.39, 0.29) is 17.9 Å². The van der Waals surface area contributed by atoms with Gasteiger partial charge in [-0.1, -0.05) is 56.3 Å². The van der Waals surface area contributed by atoms with Crippen LogP contribution in [0.3, 0.4) is 0 Å². The molecule has 0 aliphatic carbocycles. The van der Waals surface area contributed by atoms with Crippen molar-refractivity contribution in [2.45, 2.75) is 26.3 Å². The van der Waals surface area contributed by atoms with Gasteiger partial charge in [-0.05, 0) is 24.1 Å². The minimum absolute atomic E-state index is 0.0337. The Hall–Kier alpha value is -2.62. The zero-order valence-electron chi connectivity index (χ0n) is 13.4. The molecule has 1 unspecified atom stereocenters. The summed E-state index contributed by atoms with van der Waals surface area (Å²) in [5.41, 5.74) is 3.07. The number of hydrogen-bond acceptors (Lipinski definition) is 2. The second kappa shape index (κ2) is 6.65. The van der Waals surface area contributed by atoms with Crippen molar-refractivity contribution in [2.75, 3.05) is 0 Å². The molecule has 0 bridgehead atoms. The van der Waals surface area contributed by atoms with Crippen molar-refractivity contribution < 1.29 is 4.79 Å². The average Bonchev–Trinajstić information content (AvgIpc) is 2.99. The van der Waals surface area contributed by atoms with Crippen LogP contribution in [0.2, 0.25) is 0 Å². The van der Waals surface area contributed by atoms with E-state index in [0.29, 0.717) is 6.42 Å². The number of aromatic amines is 1. The maximum Gasteiger partial charge on any atom is 0.223 e. The van der Waals surface area contributed by atoms with Crippen LogP contribution in [0.15, 0.2) is 54.6 Å². The topological polar surface area (TPSA) is 57.8 Å². The summed E-state index contributed by atoms with van der Waals surface area (Å²) in [6, 6.07) is 17.9. The maximum atomic E-state index is 12.2. The van der Waals surface area contributed by atoms with E-state index in [4.69, 9.17) is 0 Å². The number of amides is 1. The molecule has 2 aromatic carbocycles. The van der Waals surface area contributed by atoms with Gasteiger partial charge in [0.25, 0.3) is 0 Å². The number of carbonyl (C=O) groups is 1. The van der Waals surface area contributed by atoms with E-state index in [2.05, 4.69) is 27.4 Å². The van der Waals surface area contributed by atoms with Crippen molar-refractivity contribution >= 4 is 16.9 Å². The first kappa shape index (κ1) is 15.3. The maximum absolute atomic E-state index is 12.2. The SMILES string of the molecule is CC(C)C(=O)NC(Cc1ccccc1)c1nc2ccccc2[nH]1. The first-order valence-corrected chi connectivity index (χ1v) is 7.92. The van der Waals surface area contributed by atoms with E-state index in [0.717, 1.165) is 16.9 Å². The molecule has 0 spiro atoms. The number of carbonyl (C=O) groups excluding carboxylic acids is 1. The Morgan fingerprint density at radius 1 is 1.09 bits per heavy atom. The third kappa shape index (κ3) is 3.59. The monoisotopic (exact) mass is 307 g/mol. The molecule has 4 heteroatoms. The van der Waals surface area contributed by atoms with E-state index in [9.17, 15) is 4.79 Å². The van der Waals surface area contributed by atoms with Gasteiger partial charge in [0.1, 0.15) is 5.82 Å². The molecule has 1 atom stereocenters. The highest BCUT2D eigenvalue weighted by atomic mass is 16.1. The number of H-pyrrole nitrogens is 1. The van der Waals surface area contributed by atoms with Gasteiger partial charge in [0, 0.05) is 5.92 Å². The molecular formula is C19H21N3O. The smallest absolute Gasteiger partial charge is 0.223 e. The molecule has 0 radical (unpaired) electrons. The van der Waals surface area contributed by atoms with Crippen molar-refractivity contribution in [1.82, 2.24) is 15.3 Å². The second-order valence-electron chi connectivity index (χ2n) is 6.04. The standard InChI is InChI=1S/C19H21N3O/c1-13(2)19(23)22-17(12-14-8-4-3-5-9-14)18-20-15-10-6-7-11-16(15)21-18/h3-11,13,17H,12H2,1-2H3,(H,20,21)(H,22,23). The number of nitrogens with one attached hydrogen (secondary N) is 2. The Bertz CT molecular complexity index is 759. The number of hydrogen-bond donors (Lipinski definition) is 2. The Morgan fingerprint density at radius 2 is 1.78 bits per heavy atom. The van der Waals surface area contributed by atoms with Gasteiger partial charge in [-0.25, -0.2) is 4.98 Å². The van der Waals surface area contributed by atoms with Gasteiger partial charge in [-0.2, -0.15) is 0 Å². The lowest BCUT2D eigenvalue weighted by Crippen LogP contribution is -2.33. The van der Waals surface area contributed by atoms with Gasteiger partial charge in [-0.3, -0.25) is 4.79 Å². The molecule has 23 heavy (non-hydrogen) atoms. The molecule has 0 saturated heterocycles. The number of aromatic nitrogens is 2. The van der Waals surface area contributed by atoms with Crippen LogP contribution in [-0.2, 0) is 11.2 Å². The summed E-state index contributed by atoms with van der Waals surface area (Å²) in [5.74, 6) is 0.771. The second-order valence-corrected chi connectivity index (χ2v) is 6.04. The molecule has 0 aliphatic rings. The summed E-state index contributed by atoms with van der Waals surface area (Å²) in [6.45, 7) is 3.79. The molecule has 1 heterocycles. The van der Waals surface area contributed by atoms with Crippen LogP contribution in [0.1, 0.15) is 31.3 Å². The van der Waals surface area contributed by atoms with Crippen molar-refractivity contribution in [2.24, 2.45) is 5.92 Å². The third-order valence-electron chi connectivity index (χ3n) is 3.86. The van der Waals surface area contributed by atoms with Crippen LogP contribution in [0, 0.1) is 5.92 Å². The van der Waals surface area contributed by atoms with Crippen LogP contribution in [-0.4, -0.2) is 15.9 Å². The number of para-hydroxylation sites is 2. The van der Waals surface area contributed by atoms with Crippen LogP contribution in [0.4, 0.5) is 0 Å². The molecule has 0 fully saturated rings. The Kier molecular flexibility index (Phi) is 4.42. The van der Waals surface area contributed by atoms with E-state index < -0.39 is 0 Å². The first-order chi connectivity index (χ1) is 11.1. The minimum Gasteiger partial charge on any atom is -0.346 e. The zero-order valence-corrected chi connectivity index (χ0v) is 13.4. The lowest BCUT2D eigenvalue weighted by Gasteiger charge is -2.18. The van der Waals surface area contributed by atoms with Crippen LogP contribution in [0.25, 0.3) is 11.0 Å². The van der Waals surface area contributed by atoms with Crippen LogP contribution < -0.4 is 5.32 Å². The highest BCUT2D eigenvalue weighted by molar-refractivity contribution is 5.79. The summed E-state index contributed by atoms with van der Waals surface area (Å²) >= 11 is 0. The highest BCUT2D eigenvalue weighted by Gasteiger charge is 2.20. The fourth-order valence-electron chi connectivity index (χ4n) is 2.54. The predicted molar refractivity (Wildman–Crippen MR) is 92.0 cm³/mol. The first-order valence-electron chi connectivity index (χ1n) is 7.92. The normalized spacial score (nSPS) is 12.5. The lowest BCUT2D eigenvalue weighted by molar-refractivity contribution is -0.124. The molecule has 3 rings (SSSR count). The van der Waals surface area contributed by atoms with Gasteiger partial charge in [0.2, 0.25) is 5.91 Å². The summed E-state index contributed by atoms with van der Waals surface area (Å²) in [5, 5.41) is 3.11. The molecule has 1 amide bonds. The zero-order chi connectivity index (χ0) is 16.2. The van der Waals surface area contributed by atoms with Gasteiger partial charge >= 0.3 is 0 Å². The Balaban J connectivity index is 1.91. The van der Waals surface area contributed by atoms with Crippen LogP contribution >= 0.6 is 0 Å². The third-order valence-corrected chi connectivity index (χ3v) is 3.86. The van der Waals surface area contributed by atoms with E-state index in [1.165, 1.54) is 5.56 Å². The molecule has 3 aromatic rings. The number of rotatable bonds is 5. The fourth-order valence-corrected chi connectivity index (χ4v) is 2.54. The minimum atomic E-state index is -0.167. The molecule has 4 nitrogen and oxygen atoms in total. The van der Waals surface area contributed by atoms with Crippen LogP contribution in [0.5, 0.6) is 0 Å². The van der Waals surface area contributed by atoms with Gasteiger partial charge in [-0.15, -0.1) is 0 Å². The van der Waals surface area contributed by atoms with Crippen molar-refractivity contribution in [3.05, 3.63) is 66.0 Å².